The van der Waals surface area contributed by atoms with Gasteiger partial charge in [-0.3, -0.25) is 19.0 Å². The van der Waals surface area contributed by atoms with E-state index in [0.717, 1.165) is 45.1 Å². The molecule has 0 spiro atoms. The van der Waals surface area contributed by atoms with Gasteiger partial charge in [0.25, 0.3) is 0 Å². The summed E-state index contributed by atoms with van der Waals surface area (Å²) in [6.45, 7) is 12.2. The number of ether oxygens (including phenoxy) is 1. The average Bonchev–Trinajstić information content (AvgIpc) is 3.37. The van der Waals surface area contributed by atoms with E-state index in [4.69, 9.17) is 4.74 Å². The van der Waals surface area contributed by atoms with Crippen LogP contribution in [0, 0.1) is 11.8 Å². The van der Waals surface area contributed by atoms with E-state index in [1.807, 2.05) is 38.2 Å². The van der Waals surface area contributed by atoms with Crippen LogP contribution in [0.2, 0.25) is 0 Å². The Hall–Kier alpha value is -3.10. The molecule has 8 heteroatoms. The average molecular weight is 487 g/mol. The molecule has 4 heterocycles. The maximum Gasteiger partial charge on any atom is 0.330 e. The molecule has 1 saturated heterocycles. The van der Waals surface area contributed by atoms with Crippen molar-refractivity contribution in [1.29, 1.82) is 0 Å². The Labute approximate surface area is 210 Å². The van der Waals surface area contributed by atoms with E-state index in [-0.39, 0.29) is 17.3 Å². The van der Waals surface area contributed by atoms with Gasteiger partial charge < -0.3 is 4.74 Å². The lowest BCUT2D eigenvalue weighted by Gasteiger charge is -2.36. The van der Waals surface area contributed by atoms with Crippen LogP contribution in [0.4, 0.5) is 0 Å². The summed E-state index contributed by atoms with van der Waals surface area (Å²) < 4.78 is 9.45. The molecule has 2 unspecified atom stereocenters. The quantitative estimate of drug-likeness (QED) is 0.390. The summed E-state index contributed by atoms with van der Waals surface area (Å²) in [5.41, 5.74) is 5.11. The zero-order valence-electron chi connectivity index (χ0n) is 21.7. The summed E-state index contributed by atoms with van der Waals surface area (Å²) in [6.07, 6.45) is 3.31. The first-order valence-electron chi connectivity index (χ1n) is 12.9. The summed E-state index contributed by atoms with van der Waals surface area (Å²) in [4.78, 5) is 20.1. The van der Waals surface area contributed by atoms with E-state index in [1.54, 1.807) is 16.2 Å². The van der Waals surface area contributed by atoms with Crippen LogP contribution in [0.3, 0.4) is 0 Å². The number of aromatic nitrogens is 5. The summed E-state index contributed by atoms with van der Waals surface area (Å²) in [5.74, 6) is 1.85. The number of benzene rings is 1. The van der Waals surface area contributed by atoms with Crippen LogP contribution in [-0.4, -0.2) is 54.5 Å². The third-order valence-corrected chi connectivity index (χ3v) is 7.98. The highest BCUT2D eigenvalue weighted by molar-refractivity contribution is 6.02. The van der Waals surface area contributed by atoms with Crippen molar-refractivity contribution in [1.82, 2.24) is 29.2 Å². The van der Waals surface area contributed by atoms with Crippen LogP contribution < -0.4 is 5.69 Å². The van der Waals surface area contributed by atoms with Crippen molar-refractivity contribution in [2.45, 2.75) is 52.3 Å². The van der Waals surface area contributed by atoms with Crippen LogP contribution in [0.1, 0.15) is 45.9 Å². The number of likely N-dealkylation sites (tertiary alicyclic amines) is 1. The van der Waals surface area contributed by atoms with Gasteiger partial charge >= 0.3 is 5.69 Å². The lowest BCUT2D eigenvalue weighted by atomic mass is 10.0. The summed E-state index contributed by atoms with van der Waals surface area (Å²) in [5, 5.41) is 9.60. The maximum absolute atomic E-state index is 12.8. The second-order valence-electron chi connectivity index (χ2n) is 11.4. The van der Waals surface area contributed by atoms with Gasteiger partial charge in [-0.2, -0.15) is 0 Å². The van der Waals surface area contributed by atoms with E-state index in [1.165, 1.54) is 19.5 Å². The van der Waals surface area contributed by atoms with Crippen LogP contribution in [-0.2, 0) is 18.4 Å². The highest BCUT2D eigenvalue weighted by Crippen LogP contribution is 2.47. The Morgan fingerprint density at radius 3 is 2.53 bits per heavy atom. The molecule has 0 radical (unpaired) electrons. The minimum absolute atomic E-state index is 0.0133. The molecule has 36 heavy (non-hydrogen) atoms. The number of pyridine rings is 1. The standard InChI is InChI=1S/C28H34N6O2/c1-17(2)34-25-23-11-18(7-9-24(23)30-31-26(25)32(5)27(34)35)19-6-8-22(29-12-19)15-36-16-28(3,4)33-13-20-10-21(20)14-33/h6-9,11-12,17,20-21H,10,13-16H2,1-5H3. The smallest absolute Gasteiger partial charge is 0.330 e. The van der Waals surface area contributed by atoms with E-state index >= 15 is 0 Å². The molecule has 2 aliphatic rings. The molecule has 2 atom stereocenters. The minimum Gasteiger partial charge on any atom is -0.373 e. The number of aryl methyl sites for hydroxylation is 1. The highest BCUT2D eigenvalue weighted by Gasteiger charge is 2.48. The van der Waals surface area contributed by atoms with Gasteiger partial charge in [0.15, 0.2) is 5.65 Å². The predicted octanol–water partition coefficient (Wildman–Crippen LogP) is 4.17. The highest BCUT2D eigenvalue weighted by atomic mass is 16.5. The molecular weight excluding hydrogens is 452 g/mol. The molecule has 1 aliphatic carbocycles. The zero-order valence-corrected chi connectivity index (χ0v) is 21.7. The molecule has 8 nitrogen and oxygen atoms in total. The molecule has 188 valence electrons. The maximum atomic E-state index is 12.8. The summed E-state index contributed by atoms with van der Waals surface area (Å²) >= 11 is 0. The Bertz CT molecular complexity index is 1490. The van der Waals surface area contributed by atoms with Gasteiger partial charge in [0, 0.05) is 48.9 Å². The number of hydrogen-bond donors (Lipinski definition) is 0. The first kappa shape index (κ1) is 23.3. The molecule has 0 bridgehead atoms. The van der Waals surface area contributed by atoms with E-state index in [2.05, 4.69) is 46.1 Å². The van der Waals surface area contributed by atoms with Gasteiger partial charge in [0.05, 0.1) is 24.4 Å². The van der Waals surface area contributed by atoms with Gasteiger partial charge in [-0.05, 0) is 69.7 Å². The summed E-state index contributed by atoms with van der Waals surface area (Å²) in [6, 6.07) is 10.2. The second kappa shape index (κ2) is 8.49. The van der Waals surface area contributed by atoms with Gasteiger partial charge in [-0.1, -0.05) is 12.1 Å². The Balaban J connectivity index is 1.22. The van der Waals surface area contributed by atoms with Crippen LogP contribution >= 0.6 is 0 Å². The van der Waals surface area contributed by atoms with Crippen molar-refractivity contribution in [3.05, 3.63) is 52.7 Å². The Morgan fingerprint density at radius 2 is 1.83 bits per heavy atom. The fourth-order valence-electron chi connectivity index (χ4n) is 5.62. The lowest BCUT2D eigenvalue weighted by molar-refractivity contribution is 0.00922. The number of hydrogen-bond acceptors (Lipinski definition) is 6. The number of nitrogens with zero attached hydrogens (tertiary/aromatic N) is 6. The molecule has 1 aromatic carbocycles. The van der Waals surface area contributed by atoms with Gasteiger partial charge in [-0.15, -0.1) is 10.2 Å². The number of piperidine rings is 1. The van der Waals surface area contributed by atoms with Crippen LogP contribution in [0.5, 0.6) is 0 Å². The normalized spacial score (nSPS) is 20.1. The molecule has 3 aromatic heterocycles. The van der Waals surface area contributed by atoms with Gasteiger partial charge in [0.1, 0.15) is 5.52 Å². The van der Waals surface area contributed by atoms with Crippen molar-refractivity contribution in [3.63, 3.8) is 0 Å². The number of rotatable bonds is 7. The summed E-state index contributed by atoms with van der Waals surface area (Å²) in [7, 11) is 1.74. The van der Waals surface area contributed by atoms with Crippen molar-refractivity contribution in [2.24, 2.45) is 18.9 Å². The molecule has 6 rings (SSSR count). The molecule has 1 aliphatic heterocycles. The fraction of sp³-hybridized carbons (Fsp3) is 0.500. The molecule has 2 fully saturated rings. The third-order valence-electron chi connectivity index (χ3n) is 7.98. The number of imidazole rings is 1. The Morgan fingerprint density at radius 1 is 1.08 bits per heavy atom. The largest absolute Gasteiger partial charge is 0.373 e. The van der Waals surface area contributed by atoms with E-state index in [0.29, 0.717) is 18.9 Å². The molecular formula is C28H34N6O2. The monoisotopic (exact) mass is 486 g/mol. The van der Waals surface area contributed by atoms with Crippen molar-refractivity contribution in [2.75, 3.05) is 19.7 Å². The predicted molar refractivity (Wildman–Crippen MR) is 141 cm³/mol. The minimum atomic E-state index is -0.0806. The fourth-order valence-corrected chi connectivity index (χ4v) is 5.62. The van der Waals surface area contributed by atoms with E-state index in [9.17, 15) is 4.79 Å². The third kappa shape index (κ3) is 3.92. The number of fused-ring (bicyclic) bond motifs is 4. The lowest BCUT2D eigenvalue weighted by Crippen LogP contribution is -2.47. The van der Waals surface area contributed by atoms with Crippen LogP contribution in [0.15, 0.2) is 41.3 Å². The van der Waals surface area contributed by atoms with Crippen molar-refractivity contribution >= 4 is 22.1 Å². The van der Waals surface area contributed by atoms with Crippen LogP contribution in [0.25, 0.3) is 33.2 Å². The molecule has 4 aromatic rings. The Kier molecular flexibility index (Phi) is 5.50. The first-order chi connectivity index (χ1) is 17.2. The topological polar surface area (TPSA) is 78.1 Å². The van der Waals surface area contributed by atoms with Crippen molar-refractivity contribution in [3.8, 4) is 11.1 Å². The molecule has 0 amide bonds. The molecule has 1 saturated carbocycles. The SMILES string of the molecule is CC(C)n1c(=O)n(C)c2nnc3ccc(-c4ccc(COCC(C)(C)N5CC6CC6C5)nc4)cc3c21. The van der Waals surface area contributed by atoms with E-state index < -0.39 is 0 Å². The zero-order chi connectivity index (χ0) is 25.2. The van der Waals surface area contributed by atoms with Gasteiger partial charge in [0.2, 0.25) is 0 Å². The van der Waals surface area contributed by atoms with Gasteiger partial charge in [-0.25, -0.2) is 4.79 Å². The van der Waals surface area contributed by atoms with Crippen molar-refractivity contribution < 1.29 is 4.74 Å². The second-order valence-corrected chi connectivity index (χ2v) is 11.4. The molecule has 0 N–H and O–H groups in total. The first-order valence-corrected chi connectivity index (χ1v) is 12.9.